The van der Waals surface area contributed by atoms with Crippen LogP contribution < -0.4 is 0 Å². The lowest BCUT2D eigenvalue weighted by Crippen LogP contribution is -2.36. The van der Waals surface area contributed by atoms with Crippen LogP contribution in [-0.4, -0.2) is 28.9 Å². The van der Waals surface area contributed by atoms with E-state index in [4.69, 9.17) is 0 Å². The van der Waals surface area contributed by atoms with Crippen LogP contribution >= 0.6 is 0 Å². The van der Waals surface area contributed by atoms with E-state index < -0.39 is 23.8 Å². The lowest BCUT2D eigenvalue weighted by Gasteiger charge is -2.25. The molecule has 0 radical (unpaired) electrons. The predicted octanol–water partition coefficient (Wildman–Crippen LogP) is 2.70. The fourth-order valence-corrected chi connectivity index (χ4v) is 2.13. The van der Waals surface area contributed by atoms with Crippen molar-refractivity contribution in [3.8, 4) is 0 Å². The fourth-order valence-electron chi connectivity index (χ4n) is 2.13. The Labute approximate surface area is 119 Å². The molecule has 0 aliphatic heterocycles. The maximum absolute atomic E-state index is 12.5. The summed E-state index contributed by atoms with van der Waals surface area (Å²) < 4.78 is 37.5. The Morgan fingerprint density at radius 3 is 2.14 bits per heavy atom. The van der Waals surface area contributed by atoms with Gasteiger partial charge < -0.3 is 10.0 Å². The molecular formula is C14H14F3NO3. The van der Waals surface area contributed by atoms with Crippen LogP contribution in [0.15, 0.2) is 24.3 Å². The number of hydrogen-bond donors (Lipinski definition) is 1. The van der Waals surface area contributed by atoms with Crippen LogP contribution in [0.1, 0.15) is 30.0 Å². The zero-order chi connectivity index (χ0) is 15.8. The highest BCUT2D eigenvalue weighted by Gasteiger charge is 2.38. The Kier molecular flexibility index (Phi) is 3.93. The summed E-state index contributed by atoms with van der Waals surface area (Å²) in [6, 6.07) is 2.55. The first-order valence-electron chi connectivity index (χ1n) is 6.38. The van der Waals surface area contributed by atoms with Crippen LogP contribution in [0.2, 0.25) is 0 Å². The van der Waals surface area contributed by atoms with Gasteiger partial charge in [0.25, 0.3) is 0 Å². The number of nitrogens with zero attached hydrogens (tertiary/aromatic N) is 1. The fraction of sp³-hybridized carbons (Fsp3) is 0.429. The van der Waals surface area contributed by atoms with E-state index in [0.29, 0.717) is 0 Å². The summed E-state index contributed by atoms with van der Waals surface area (Å²) in [6.07, 6.45) is -3.03. The molecule has 0 spiro atoms. The molecule has 1 unspecified atom stereocenters. The lowest BCUT2D eigenvalue weighted by atomic mass is 10.0. The normalized spacial score (nSPS) is 16.4. The molecule has 1 aromatic rings. The van der Waals surface area contributed by atoms with E-state index in [0.717, 1.165) is 42.0 Å². The molecule has 0 heterocycles. The van der Waals surface area contributed by atoms with E-state index in [-0.39, 0.29) is 17.4 Å². The number of aliphatic carboxylic acids is 1. The Morgan fingerprint density at radius 2 is 1.76 bits per heavy atom. The number of carbonyl (C=O) groups is 2. The van der Waals surface area contributed by atoms with Crippen LogP contribution in [0, 0.1) is 5.92 Å². The highest BCUT2D eigenvalue weighted by atomic mass is 19.4. The second-order valence-corrected chi connectivity index (χ2v) is 5.08. The first kappa shape index (κ1) is 15.3. The summed E-state index contributed by atoms with van der Waals surface area (Å²) in [5.74, 6) is -1.72. The minimum absolute atomic E-state index is 0.145. The highest BCUT2D eigenvalue weighted by molar-refractivity contribution is 5.87. The van der Waals surface area contributed by atoms with Crippen LogP contribution in [0.5, 0.6) is 0 Å². The van der Waals surface area contributed by atoms with Gasteiger partial charge >= 0.3 is 12.1 Å². The number of carboxylic acids is 1. The van der Waals surface area contributed by atoms with Gasteiger partial charge in [-0.25, -0.2) is 4.79 Å². The third-order valence-electron chi connectivity index (χ3n) is 3.45. The Morgan fingerprint density at radius 1 is 1.24 bits per heavy atom. The SMILES string of the molecule is CN(C(=O)C1CC1)C(C(=O)O)c1ccc(C(F)(F)F)cc1. The average Bonchev–Trinajstić information content (AvgIpc) is 3.21. The van der Waals surface area contributed by atoms with Gasteiger partial charge in [0, 0.05) is 13.0 Å². The zero-order valence-corrected chi connectivity index (χ0v) is 11.2. The van der Waals surface area contributed by atoms with Crippen molar-refractivity contribution < 1.29 is 27.9 Å². The zero-order valence-electron chi connectivity index (χ0n) is 11.2. The summed E-state index contributed by atoms with van der Waals surface area (Å²) in [7, 11) is 1.36. The summed E-state index contributed by atoms with van der Waals surface area (Å²) in [5.41, 5.74) is -0.710. The van der Waals surface area contributed by atoms with Crippen molar-refractivity contribution in [1.29, 1.82) is 0 Å². The van der Waals surface area contributed by atoms with Crippen molar-refractivity contribution in [2.24, 2.45) is 5.92 Å². The molecule has 1 aromatic carbocycles. The standard InChI is InChI=1S/C14H14F3NO3/c1-18(12(19)9-2-3-9)11(13(20)21)8-4-6-10(7-5-8)14(15,16)17/h4-7,9,11H,2-3H2,1H3,(H,20,21). The molecule has 1 fully saturated rings. The first-order chi connectivity index (χ1) is 9.71. The van der Waals surface area contributed by atoms with Gasteiger partial charge in [-0.1, -0.05) is 12.1 Å². The number of carboxylic acid groups (broad SMARTS) is 1. The average molecular weight is 301 g/mol. The highest BCUT2D eigenvalue weighted by Crippen LogP contribution is 2.34. The van der Waals surface area contributed by atoms with E-state index >= 15 is 0 Å². The van der Waals surface area contributed by atoms with E-state index in [9.17, 15) is 27.9 Å². The molecule has 0 aromatic heterocycles. The van der Waals surface area contributed by atoms with Crippen LogP contribution in [0.4, 0.5) is 13.2 Å². The van der Waals surface area contributed by atoms with Crippen molar-refractivity contribution in [3.05, 3.63) is 35.4 Å². The van der Waals surface area contributed by atoms with Crippen molar-refractivity contribution in [1.82, 2.24) is 4.90 Å². The molecule has 1 atom stereocenters. The van der Waals surface area contributed by atoms with E-state index in [2.05, 4.69) is 0 Å². The molecule has 7 heteroatoms. The smallest absolute Gasteiger partial charge is 0.416 e. The van der Waals surface area contributed by atoms with E-state index in [1.54, 1.807) is 0 Å². The molecule has 114 valence electrons. The topological polar surface area (TPSA) is 57.6 Å². The molecular weight excluding hydrogens is 287 g/mol. The number of likely N-dealkylation sites (N-methyl/N-ethyl adjacent to an activating group) is 1. The Bertz CT molecular complexity index is 550. The Balaban J connectivity index is 2.26. The van der Waals surface area contributed by atoms with Gasteiger partial charge in [0.05, 0.1) is 5.56 Å². The van der Waals surface area contributed by atoms with Crippen LogP contribution in [0.3, 0.4) is 0 Å². The maximum atomic E-state index is 12.5. The number of benzene rings is 1. The third kappa shape index (κ3) is 3.34. The third-order valence-corrected chi connectivity index (χ3v) is 3.45. The molecule has 21 heavy (non-hydrogen) atoms. The molecule has 4 nitrogen and oxygen atoms in total. The molecule has 0 bridgehead atoms. The quantitative estimate of drug-likeness (QED) is 0.930. The molecule has 2 rings (SSSR count). The second kappa shape index (κ2) is 5.38. The summed E-state index contributed by atoms with van der Waals surface area (Å²) in [5, 5.41) is 9.26. The summed E-state index contributed by atoms with van der Waals surface area (Å²) in [4.78, 5) is 24.4. The van der Waals surface area contributed by atoms with Gasteiger partial charge in [0.1, 0.15) is 0 Å². The number of rotatable bonds is 4. The van der Waals surface area contributed by atoms with Gasteiger partial charge in [0.2, 0.25) is 5.91 Å². The number of alkyl halides is 3. The summed E-state index contributed by atoms with van der Waals surface area (Å²) >= 11 is 0. The number of amides is 1. The van der Waals surface area contributed by atoms with Crippen molar-refractivity contribution in [3.63, 3.8) is 0 Å². The summed E-state index contributed by atoms with van der Waals surface area (Å²) in [6.45, 7) is 0. The van der Waals surface area contributed by atoms with Gasteiger partial charge in [0.15, 0.2) is 6.04 Å². The Hall–Kier alpha value is -2.05. The monoisotopic (exact) mass is 301 g/mol. The molecule has 1 aliphatic rings. The molecule has 1 saturated carbocycles. The van der Waals surface area contributed by atoms with Gasteiger partial charge in [-0.3, -0.25) is 4.79 Å². The predicted molar refractivity (Wildman–Crippen MR) is 67.3 cm³/mol. The van der Waals surface area contributed by atoms with Crippen molar-refractivity contribution in [2.45, 2.75) is 25.1 Å². The minimum Gasteiger partial charge on any atom is -0.479 e. The van der Waals surface area contributed by atoms with E-state index in [1.165, 1.54) is 7.05 Å². The number of carbonyl (C=O) groups excluding carboxylic acids is 1. The van der Waals surface area contributed by atoms with E-state index in [1.807, 2.05) is 0 Å². The lowest BCUT2D eigenvalue weighted by molar-refractivity contribution is -0.149. The van der Waals surface area contributed by atoms with Crippen molar-refractivity contribution >= 4 is 11.9 Å². The number of hydrogen-bond acceptors (Lipinski definition) is 2. The molecule has 1 aliphatic carbocycles. The number of halogens is 3. The van der Waals surface area contributed by atoms with Gasteiger partial charge in [-0.2, -0.15) is 13.2 Å². The first-order valence-corrected chi connectivity index (χ1v) is 6.38. The molecule has 1 amide bonds. The molecule has 1 N–H and O–H groups in total. The van der Waals surface area contributed by atoms with Crippen molar-refractivity contribution in [2.75, 3.05) is 7.05 Å². The second-order valence-electron chi connectivity index (χ2n) is 5.08. The van der Waals surface area contributed by atoms with Crippen LogP contribution in [-0.2, 0) is 15.8 Å². The van der Waals surface area contributed by atoms with Crippen LogP contribution in [0.25, 0.3) is 0 Å². The van der Waals surface area contributed by atoms with Gasteiger partial charge in [-0.15, -0.1) is 0 Å². The largest absolute Gasteiger partial charge is 0.479 e. The van der Waals surface area contributed by atoms with Gasteiger partial charge in [-0.05, 0) is 30.5 Å². The maximum Gasteiger partial charge on any atom is 0.416 e. The molecule has 0 saturated heterocycles. The minimum atomic E-state index is -4.48.